The molecule has 1 N–H and O–H groups in total. The standard InChI is InChI=1S/C28H24ClF3N4O2/c1-17-3-2-4-20(15-17)25-24(18-5-9-21(10-6-18)28(30,31)32)34-26(19-7-11-22(29)12-8-19)36(25)27(38)35-14-13-33-23(37)16-35/h2-12,15,24-25H,13-14,16H2,1H3,(H,33,37). The number of amides is 3. The molecule has 3 aromatic rings. The van der Waals surface area contributed by atoms with Crippen LogP contribution < -0.4 is 5.32 Å². The summed E-state index contributed by atoms with van der Waals surface area (Å²) in [6.07, 6.45) is -4.47. The van der Waals surface area contributed by atoms with Crippen molar-refractivity contribution in [1.29, 1.82) is 0 Å². The van der Waals surface area contributed by atoms with E-state index >= 15 is 0 Å². The molecule has 0 saturated carbocycles. The van der Waals surface area contributed by atoms with E-state index in [2.05, 4.69) is 5.32 Å². The molecule has 6 nitrogen and oxygen atoms in total. The fourth-order valence-electron chi connectivity index (χ4n) is 4.83. The lowest BCUT2D eigenvalue weighted by molar-refractivity contribution is -0.137. The van der Waals surface area contributed by atoms with Crippen molar-refractivity contribution in [3.8, 4) is 0 Å². The Hall–Kier alpha value is -3.85. The van der Waals surface area contributed by atoms with E-state index in [9.17, 15) is 22.8 Å². The van der Waals surface area contributed by atoms with E-state index in [1.807, 2.05) is 31.2 Å². The van der Waals surface area contributed by atoms with Crippen molar-refractivity contribution in [1.82, 2.24) is 15.1 Å². The van der Waals surface area contributed by atoms with Gasteiger partial charge >= 0.3 is 12.2 Å². The number of nitrogens with zero attached hydrogens (tertiary/aromatic N) is 3. The third kappa shape index (κ3) is 5.11. The van der Waals surface area contributed by atoms with Crippen LogP contribution in [0.5, 0.6) is 0 Å². The van der Waals surface area contributed by atoms with Gasteiger partial charge in [-0.3, -0.25) is 14.7 Å². The number of carbonyl (C=O) groups excluding carboxylic acids is 2. The van der Waals surface area contributed by atoms with Crippen LogP contribution >= 0.6 is 11.6 Å². The second-order valence-electron chi connectivity index (χ2n) is 9.31. The molecule has 0 aromatic heterocycles. The number of hydrogen-bond donors (Lipinski definition) is 1. The van der Waals surface area contributed by atoms with Crippen molar-refractivity contribution >= 4 is 29.4 Å². The molecule has 5 rings (SSSR count). The Labute approximate surface area is 222 Å². The molecule has 196 valence electrons. The minimum atomic E-state index is -4.47. The van der Waals surface area contributed by atoms with Gasteiger partial charge in [-0.15, -0.1) is 0 Å². The summed E-state index contributed by atoms with van der Waals surface area (Å²) in [6.45, 7) is 2.46. The summed E-state index contributed by atoms with van der Waals surface area (Å²) in [6, 6.07) is 17.6. The monoisotopic (exact) mass is 540 g/mol. The molecule has 2 aliphatic heterocycles. The van der Waals surface area contributed by atoms with E-state index in [0.717, 1.165) is 23.3 Å². The molecule has 1 saturated heterocycles. The quantitative estimate of drug-likeness (QED) is 0.459. The summed E-state index contributed by atoms with van der Waals surface area (Å²) in [4.78, 5) is 34.1. The summed E-state index contributed by atoms with van der Waals surface area (Å²) < 4.78 is 39.8. The van der Waals surface area contributed by atoms with Crippen LogP contribution in [0, 0.1) is 6.92 Å². The Morgan fingerprint density at radius 2 is 1.74 bits per heavy atom. The maximum absolute atomic E-state index is 14.0. The third-order valence-electron chi connectivity index (χ3n) is 6.65. The van der Waals surface area contributed by atoms with Gasteiger partial charge in [-0.05, 0) is 54.4 Å². The number of halogens is 4. The smallest absolute Gasteiger partial charge is 0.353 e. The predicted octanol–water partition coefficient (Wildman–Crippen LogP) is 5.76. The van der Waals surface area contributed by atoms with Gasteiger partial charge in [0.05, 0.1) is 11.6 Å². The van der Waals surface area contributed by atoms with Gasteiger partial charge in [0.1, 0.15) is 18.4 Å². The maximum Gasteiger partial charge on any atom is 0.416 e. The highest BCUT2D eigenvalue weighted by atomic mass is 35.5. The van der Waals surface area contributed by atoms with Crippen LogP contribution in [0.4, 0.5) is 18.0 Å². The number of alkyl halides is 3. The van der Waals surface area contributed by atoms with E-state index < -0.39 is 29.9 Å². The van der Waals surface area contributed by atoms with Crippen molar-refractivity contribution in [2.75, 3.05) is 19.6 Å². The van der Waals surface area contributed by atoms with E-state index in [4.69, 9.17) is 16.6 Å². The number of aryl methyl sites for hydroxylation is 1. The van der Waals surface area contributed by atoms with Crippen molar-refractivity contribution in [3.63, 3.8) is 0 Å². The Morgan fingerprint density at radius 3 is 2.37 bits per heavy atom. The number of hydrogen-bond acceptors (Lipinski definition) is 3. The highest BCUT2D eigenvalue weighted by Gasteiger charge is 2.44. The Kier molecular flexibility index (Phi) is 6.88. The first-order valence-corrected chi connectivity index (χ1v) is 12.4. The van der Waals surface area contributed by atoms with Crippen LogP contribution in [0.1, 0.15) is 39.9 Å². The number of nitrogens with one attached hydrogen (secondary N) is 1. The van der Waals surface area contributed by atoms with E-state index in [-0.39, 0.29) is 12.5 Å². The van der Waals surface area contributed by atoms with Gasteiger partial charge in [0.2, 0.25) is 5.91 Å². The van der Waals surface area contributed by atoms with Gasteiger partial charge in [-0.2, -0.15) is 13.2 Å². The molecular weight excluding hydrogens is 517 g/mol. The van der Waals surface area contributed by atoms with Gasteiger partial charge in [0.25, 0.3) is 0 Å². The van der Waals surface area contributed by atoms with Gasteiger partial charge in [0.15, 0.2) is 0 Å². The lowest BCUT2D eigenvalue weighted by Gasteiger charge is -2.35. The molecule has 2 atom stereocenters. The Balaban J connectivity index is 1.66. The summed E-state index contributed by atoms with van der Waals surface area (Å²) in [5, 5.41) is 3.23. The van der Waals surface area contributed by atoms with Crippen LogP contribution in [0.25, 0.3) is 0 Å². The normalized spacial score (nSPS) is 19.8. The molecule has 3 amide bonds. The lowest BCUT2D eigenvalue weighted by atomic mass is 9.92. The zero-order chi connectivity index (χ0) is 27.0. The molecule has 0 bridgehead atoms. The summed E-state index contributed by atoms with van der Waals surface area (Å²) >= 11 is 6.11. The van der Waals surface area contributed by atoms with Crippen LogP contribution in [0.15, 0.2) is 77.8 Å². The molecule has 2 unspecified atom stereocenters. The lowest BCUT2D eigenvalue weighted by Crippen LogP contribution is -2.55. The van der Waals surface area contributed by atoms with E-state index in [1.165, 1.54) is 17.0 Å². The zero-order valence-corrected chi connectivity index (χ0v) is 21.1. The third-order valence-corrected chi connectivity index (χ3v) is 6.90. The molecule has 2 heterocycles. The molecule has 3 aromatic carbocycles. The average Bonchev–Trinajstić information content (AvgIpc) is 3.29. The van der Waals surface area contributed by atoms with Crippen molar-refractivity contribution in [3.05, 3.63) is 106 Å². The number of urea groups is 1. The Morgan fingerprint density at radius 1 is 1.03 bits per heavy atom. The van der Waals surface area contributed by atoms with Gasteiger partial charge in [-0.1, -0.05) is 53.6 Å². The first-order chi connectivity index (χ1) is 18.1. The number of benzene rings is 3. The van der Waals surface area contributed by atoms with Crippen LogP contribution in [0.2, 0.25) is 5.02 Å². The average molecular weight is 541 g/mol. The van der Waals surface area contributed by atoms with Crippen LogP contribution in [0.3, 0.4) is 0 Å². The highest BCUT2D eigenvalue weighted by Crippen LogP contribution is 2.45. The molecule has 10 heteroatoms. The van der Waals surface area contributed by atoms with Gasteiger partial charge in [-0.25, -0.2) is 4.79 Å². The fourth-order valence-corrected chi connectivity index (χ4v) is 4.95. The van der Waals surface area contributed by atoms with E-state index in [1.54, 1.807) is 29.2 Å². The molecule has 2 aliphatic rings. The van der Waals surface area contributed by atoms with Crippen molar-refractivity contribution in [2.24, 2.45) is 4.99 Å². The number of amidine groups is 1. The second kappa shape index (κ2) is 10.1. The SMILES string of the molecule is Cc1cccc(C2C(c3ccc(C(F)(F)F)cc3)N=C(c3ccc(Cl)cc3)N2C(=O)N2CCNC(=O)C2)c1. The molecule has 0 aliphatic carbocycles. The minimum Gasteiger partial charge on any atom is -0.353 e. The van der Waals surface area contributed by atoms with Crippen LogP contribution in [-0.4, -0.2) is 47.2 Å². The fraction of sp³-hybridized carbons (Fsp3) is 0.250. The highest BCUT2D eigenvalue weighted by molar-refractivity contribution is 6.30. The zero-order valence-electron chi connectivity index (χ0n) is 20.4. The molecule has 1 fully saturated rings. The topological polar surface area (TPSA) is 65.0 Å². The Bertz CT molecular complexity index is 1390. The van der Waals surface area contributed by atoms with Gasteiger partial charge < -0.3 is 10.2 Å². The number of rotatable bonds is 3. The largest absolute Gasteiger partial charge is 0.416 e. The van der Waals surface area contributed by atoms with Crippen molar-refractivity contribution in [2.45, 2.75) is 25.2 Å². The number of piperazine rings is 1. The predicted molar refractivity (Wildman–Crippen MR) is 138 cm³/mol. The molecular formula is C28H24ClF3N4O2. The molecule has 0 spiro atoms. The maximum atomic E-state index is 14.0. The summed E-state index contributed by atoms with van der Waals surface area (Å²) in [7, 11) is 0. The molecule has 0 radical (unpaired) electrons. The van der Waals surface area contributed by atoms with E-state index in [0.29, 0.717) is 35.1 Å². The summed E-state index contributed by atoms with van der Waals surface area (Å²) in [5.41, 5.74) is 2.12. The first-order valence-electron chi connectivity index (χ1n) is 12.0. The van der Waals surface area contributed by atoms with Crippen LogP contribution in [-0.2, 0) is 11.0 Å². The second-order valence-corrected chi connectivity index (χ2v) is 9.74. The number of aliphatic imine (C=N–C) groups is 1. The van der Waals surface area contributed by atoms with Crippen molar-refractivity contribution < 1.29 is 22.8 Å². The minimum absolute atomic E-state index is 0.102. The number of carbonyl (C=O) groups is 2. The van der Waals surface area contributed by atoms with Gasteiger partial charge in [0, 0.05) is 23.7 Å². The molecule has 38 heavy (non-hydrogen) atoms. The summed E-state index contributed by atoms with van der Waals surface area (Å²) in [5.74, 6) is 0.0919. The first kappa shape index (κ1) is 25.8.